The fourth-order valence-corrected chi connectivity index (χ4v) is 5.03. The Hall–Kier alpha value is -4.73. The summed E-state index contributed by atoms with van der Waals surface area (Å²) in [5.74, 6) is -3.11. The molecular formula is C26H17NO9. The second kappa shape index (κ2) is 7.64. The lowest BCUT2D eigenvalue weighted by Gasteiger charge is -2.42. The highest BCUT2D eigenvalue weighted by Gasteiger charge is 2.57. The third-order valence-electron chi connectivity index (χ3n) is 6.58. The molecule has 2 amide bonds. The Morgan fingerprint density at radius 3 is 2.58 bits per heavy atom. The number of rotatable bonds is 3. The van der Waals surface area contributed by atoms with E-state index in [1.165, 1.54) is 30.4 Å². The van der Waals surface area contributed by atoms with E-state index >= 15 is 0 Å². The van der Waals surface area contributed by atoms with E-state index in [4.69, 9.17) is 14.3 Å². The summed E-state index contributed by atoms with van der Waals surface area (Å²) in [4.78, 5) is 65.9. The van der Waals surface area contributed by atoms with E-state index in [9.17, 15) is 29.1 Å². The zero-order chi connectivity index (χ0) is 25.2. The van der Waals surface area contributed by atoms with E-state index in [0.29, 0.717) is 21.8 Å². The average Bonchev–Trinajstić information content (AvgIpc) is 3.30. The number of hydroxylamine groups is 2. The maximum absolute atomic E-state index is 13.1. The number of phenols is 1. The van der Waals surface area contributed by atoms with Gasteiger partial charge in [0.1, 0.15) is 17.3 Å². The second-order valence-corrected chi connectivity index (χ2v) is 8.80. The minimum absolute atomic E-state index is 0.0144. The van der Waals surface area contributed by atoms with Crippen molar-refractivity contribution in [2.45, 2.75) is 24.9 Å². The van der Waals surface area contributed by atoms with Crippen molar-refractivity contribution in [1.29, 1.82) is 0 Å². The molecule has 1 spiro atoms. The van der Waals surface area contributed by atoms with Gasteiger partial charge in [-0.25, -0.2) is 9.59 Å². The number of ketones is 1. The number of allylic oxidation sites excluding steroid dienone is 2. The second-order valence-electron chi connectivity index (χ2n) is 8.80. The van der Waals surface area contributed by atoms with Gasteiger partial charge in [-0.05, 0) is 29.8 Å². The number of aromatic hydroxyl groups is 1. The Morgan fingerprint density at radius 2 is 1.81 bits per heavy atom. The maximum Gasteiger partial charge on any atom is 0.339 e. The van der Waals surface area contributed by atoms with Crippen molar-refractivity contribution in [1.82, 2.24) is 5.06 Å². The van der Waals surface area contributed by atoms with Crippen LogP contribution in [0.15, 0.2) is 60.4 Å². The smallest absolute Gasteiger partial charge is 0.339 e. The van der Waals surface area contributed by atoms with E-state index < -0.39 is 35.3 Å². The Morgan fingerprint density at radius 1 is 1.06 bits per heavy atom. The minimum Gasteiger partial charge on any atom is -0.508 e. The maximum atomic E-state index is 13.1. The van der Waals surface area contributed by atoms with Gasteiger partial charge in [0.15, 0.2) is 11.4 Å². The van der Waals surface area contributed by atoms with Crippen LogP contribution in [-0.4, -0.2) is 39.7 Å². The standard InChI is InChI=1S/C26H17NO9/c28-14-2-5-18-20(11-14)34-21-12-15(29)3-6-19(21)26(18)17-4-1-13(9-16(17)25(33)35-26)10-24(32)36-27-22(30)7-8-23(27)31/h1-6,9,11-12,18,29H,7-8,10H2. The highest BCUT2D eigenvalue weighted by atomic mass is 16.7. The van der Waals surface area contributed by atoms with Crippen molar-refractivity contribution in [3.05, 3.63) is 82.6 Å². The number of ether oxygens (including phenoxy) is 2. The molecule has 180 valence electrons. The van der Waals surface area contributed by atoms with Crippen LogP contribution < -0.4 is 4.74 Å². The summed E-state index contributed by atoms with van der Waals surface area (Å²) < 4.78 is 11.9. The lowest BCUT2D eigenvalue weighted by Crippen LogP contribution is -2.42. The van der Waals surface area contributed by atoms with Gasteiger partial charge in [-0.3, -0.25) is 14.4 Å². The quantitative estimate of drug-likeness (QED) is 0.509. The first-order chi connectivity index (χ1) is 17.3. The molecule has 6 rings (SSSR count). The predicted molar refractivity (Wildman–Crippen MR) is 118 cm³/mol. The highest BCUT2D eigenvalue weighted by molar-refractivity contribution is 6.02. The van der Waals surface area contributed by atoms with Crippen LogP contribution in [0.25, 0.3) is 0 Å². The molecule has 4 aliphatic rings. The van der Waals surface area contributed by atoms with Crippen LogP contribution in [0.2, 0.25) is 0 Å². The lowest BCUT2D eigenvalue weighted by atomic mass is 9.71. The van der Waals surface area contributed by atoms with E-state index in [-0.39, 0.29) is 47.9 Å². The van der Waals surface area contributed by atoms with Crippen molar-refractivity contribution in [2.24, 2.45) is 5.92 Å². The summed E-state index contributed by atoms with van der Waals surface area (Å²) in [6, 6.07) is 9.20. The number of carbonyl (C=O) groups is 5. The molecule has 0 radical (unpaired) electrons. The number of hydrogen-bond acceptors (Lipinski definition) is 9. The minimum atomic E-state index is -1.36. The van der Waals surface area contributed by atoms with Gasteiger partial charge in [0.2, 0.25) is 0 Å². The Labute approximate surface area is 203 Å². The molecule has 1 N–H and O–H groups in total. The molecule has 0 saturated carbocycles. The number of hydrogen-bond donors (Lipinski definition) is 1. The van der Waals surface area contributed by atoms with Crippen molar-refractivity contribution in [2.75, 3.05) is 0 Å². The number of benzene rings is 2. The number of carbonyl (C=O) groups excluding carboxylic acids is 5. The average molecular weight is 487 g/mol. The van der Waals surface area contributed by atoms with Crippen LogP contribution >= 0.6 is 0 Å². The molecular weight excluding hydrogens is 470 g/mol. The van der Waals surface area contributed by atoms with Crippen molar-refractivity contribution >= 4 is 29.5 Å². The first-order valence-corrected chi connectivity index (χ1v) is 11.1. The summed E-state index contributed by atoms with van der Waals surface area (Å²) in [5.41, 5.74) is 0.255. The van der Waals surface area contributed by atoms with Gasteiger partial charge in [-0.2, -0.15) is 0 Å². The fourth-order valence-electron chi connectivity index (χ4n) is 5.03. The molecule has 10 heteroatoms. The normalized spacial score (nSPS) is 23.6. The van der Waals surface area contributed by atoms with E-state index in [2.05, 4.69) is 0 Å². The van der Waals surface area contributed by atoms with Crippen molar-refractivity contribution < 1.29 is 43.4 Å². The van der Waals surface area contributed by atoms with Crippen LogP contribution in [0.4, 0.5) is 0 Å². The summed E-state index contributed by atoms with van der Waals surface area (Å²) >= 11 is 0. The highest BCUT2D eigenvalue weighted by Crippen LogP contribution is 2.56. The molecule has 2 unspecified atom stereocenters. The molecule has 1 fully saturated rings. The third kappa shape index (κ3) is 3.14. The van der Waals surface area contributed by atoms with Crippen molar-refractivity contribution in [3.8, 4) is 11.5 Å². The van der Waals surface area contributed by atoms with Crippen LogP contribution in [0.1, 0.15) is 39.9 Å². The molecule has 2 aromatic carbocycles. The Kier molecular flexibility index (Phi) is 4.62. The van der Waals surface area contributed by atoms with Gasteiger partial charge in [-0.1, -0.05) is 18.2 Å². The number of imide groups is 1. The van der Waals surface area contributed by atoms with E-state index in [0.717, 1.165) is 0 Å². The van der Waals surface area contributed by atoms with Gasteiger partial charge in [0, 0.05) is 36.1 Å². The molecule has 3 aliphatic heterocycles. The zero-order valence-electron chi connectivity index (χ0n) is 18.6. The number of phenolic OH excluding ortho intramolecular Hbond substituents is 1. The molecule has 10 nitrogen and oxygen atoms in total. The molecule has 2 atom stereocenters. The van der Waals surface area contributed by atoms with Gasteiger partial charge in [-0.15, -0.1) is 5.06 Å². The van der Waals surface area contributed by atoms with Crippen LogP contribution in [0.3, 0.4) is 0 Å². The summed E-state index contributed by atoms with van der Waals surface area (Å²) in [7, 11) is 0. The van der Waals surface area contributed by atoms with E-state index in [1.54, 1.807) is 24.3 Å². The molecule has 1 aliphatic carbocycles. The molecule has 3 heterocycles. The Balaban J connectivity index is 1.39. The van der Waals surface area contributed by atoms with Crippen molar-refractivity contribution in [3.63, 3.8) is 0 Å². The predicted octanol–water partition coefficient (Wildman–Crippen LogP) is 1.99. The first kappa shape index (κ1) is 21.8. The fraction of sp³-hybridized carbons (Fsp3) is 0.192. The molecule has 2 aromatic rings. The van der Waals surface area contributed by atoms with Gasteiger partial charge < -0.3 is 19.4 Å². The molecule has 36 heavy (non-hydrogen) atoms. The van der Waals surface area contributed by atoms with Gasteiger partial charge in [0.05, 0.1) is 17.9 Å². The Bertz CT molecular complexity index is 1450. The monoisotopic (exact) mass is 487 g/mol. The first-order valence-electron chi connectivity index (χ1n) is 11.1. The SMILES string of the molecule is O=C1C=CC2C(=C1)Oc1cc(O)ccc1C21OC(=O)c2cc(CC(=O)ON3C(=O)CCC3=O)ccc21. The number of nitrogens with zero attached hydrogens (tertiary/aromatic N) is 1. The number of amides is 2. The number of esters is 1. The summed E-state index contributed by atoms with van der Waals surface area (Å²) in [6.07, 6.45) is 3.99. The summed E-state index contributed by atoms with van der Waals surface area (Å²) in [6.45, 7) is 0. The molecule has 0 bridgehead atoms. The lowest BCUT2D eigenvalue weighted by molar-refractivity contribution is -0.197. The van der Waals surface area contributed by atoms with Gasteiger partial charge >= 0.3 is 11.9 Å². The van der Waals surface area contributed by atoms with Crippen LogP contribution in [-0.2, 0) is 40.8 Å². The van der Waals surface area contributed by atoms with Gasteiger partial charge in [0.25, 0.3) is 11.8 Å². The number of fused-ring (bicyclic) bond motifs is 6. The topological polar surface area (TPSA) is 137 Å². The largest absolute Gasteiger partial charge is 0.508 e. The van der Waals surface area contributed by atoms with Crippen LogP contribution in [0.5, 0.6) is 11.5 Å². The zero-order valence-corrected chi connectivity index (χ0v) is 18.6. The third-order valence-corrected chi connectivity index (χ3v) is 6.58. The molecule has 0 aromatic heterocycles. The molecule has 1 saturated heterocycles. The van der Waals surface area contributed by atoms with Crippen LogP contribution in [0, 0.1) is 5.92 Å². The van der Waals surface area contributed by atoms with E-state index in [1.807, 2.05) is 0 Å². The summed E-state index contributed by atoms with van der Waals surface area (Å²) in [5, 5.41) is 10.5.